The van der Waals surface area contributed by atoms with Crippen molar-refractivity contribution in [3.8, 4) is 0 Å². The third-order valence-electron chi connectivity index (χ3n) is 14.3. The van der Waals surface area contributed by atoms with Gasteiger partial charge in [-0.15, -0.1) is 0 Å². The molecule has 2 heterocycles. The number of fused-ring (bicyclic) bond motifs is 5. The van der Waals surface area contributed by atoms with E-state index in [1.165, 1.54) is 0 Å². The van der Waals surface area contributed by atoms with Crippen molar-refractivity contribution < 1.29 is 107 Å². The Morgan fingerprint density at radius 3 is 2.09 bits per heavy atom. The zero-order valence-electron chi connectivity index (χ0n) is 32.7. The van der Waals surface area contributed by atoms with Gasteiger partial charge in [0.2, 0.25) is 10.4 Å². The predicted molar refractivity (Wildman–Crippen MR) is 186 cm³/mol. The van der Waals surface area contributed by atoms with E-state index in [4.69, 9.17) is 18.9 Å². The van der Waals surface area contributed by atoms with E-state index in [1.54, 1.807) is 0 Å². The van der Waals surface area contributed by atoms with Crippen molar-refractivity contribution in [1.29, 1.82) is 0 Å². The van der Waals surface area contributed by atoms with Gasteiger partial charge < -0.3 is 64.4 Å². The summed E-state index contributed by atoms with van der Waals surface area (Å²) in [6, 6.07) is 0. The van der Waals surface area contributed by atoms with E-state index in [0.29, 0.717) is 32.1 Å². The van der Waals surface area contributed by atoms with Gasteiger partial charge in [0, 0.05) is 12.3 Å². The molecule has 0 spiro atoms. The van der Waals surface area contributed by atoms with Crippen LogP contribution in [0.3, 0.4) is 0 Å². The smallest absolute Gasteiger partial charge is 0.726 e. The Balaban J connectivity index is 0.00000580. The molecule has 0 bridgehead atoms. The van der Waals surface area contributed by atoms with Crippen molar-refractivity contribution in [2.75, 3.05) is 13.2 Å². The van der Waals surface area contributed by atoms with Gasteiger partial charge in [-0.2, -0.15) is 0 Å². The average Bonchev–Trinajstić information content (AvgIpc) is 3.36. The van der Waals surface area contributed by atoms with Gasteiger partial charge in [0.05, 0.1) is 43.2 Å². The molecule has 16 nitrogen and oxygen atoms in total. The van der Waals surface area contributed by atoms with Gasteiger partial charge in [0.15, 0.2) is 12.6 Å². The van der Waals surface area contributed by atoms with E-state index in [1.807, 2.05) is 32.9 Å². The quantitative estimate of drug-likeness (QED) is 0.0353. The van der Waals surface area contributed by atoms with E-state index in [2.05, 4.69) is 18.0 Å². The summed E-state index contributed by atoms with van der Waals surface area (Å²) in [7, 11) is -5.22. The van der Waals surface area contributed by atoms with Crippen molar-refractivity contribution >= 4 is 10.4 Å². The van der Waals surface area contributed by atoms with Crippen LogP contribution in [0.25, 0.3) is 0 Å². The van der Waals surface area contributed by atoms with Crippen LogP contribution in [0.15, 0.2) is 12.2 Å². The van der Waals surface area contributed by atoms with Crippen LogP contribution in [0.4, 0.5) is 0 Å². The fourth-order valence-electron chi connectivity index (χ4n) is 11.7. The number of allylic oxidation sites excluding steroid dienone is 1. The number of hydrogen-bond donors (Lipinski definition) is 8. The van der Waals surface area contributed by atoms with Crippen LogP contribution in [0.1, 0.15) is 79.6 Å². The molecule has 9 unspecified atom stereocenters. The minimum Gasteiger partial charge on any atom is -0.726 e. The molecule has 0 aromatic rings. The maximum atomic E-state index is 12.8. The molecule has 6 aliphatic rings. The zero-order chi connectivity index (χ0) is 39.7. The molecule has 0 aromatic carbocycles. The Labute approximate surface area is 345 Å². The van der Waals surface area contributed by atoms with E-state index in [-0.39, 0.29) is 78.3 Å². The first-order valence-electron chi connectivity index (χ1n) is 19.5. The van der Waals surface area contributed by atoms with Gasteiger partial charge >= 0.3 is 29.6 Å². The average molecular weight is 817 g/mol. The molecule has 0 aromatic heterocycles. The molecule has 20 atom stereocenters. The minimum absolute atomic E-state index is 0. The minimum atomic E-state index is -5.22. The number of rotatable bonds is 10. The summed E-state index contributed by atoms with van der Waals surface area (Å²) in [5.74, 6) is -1.16. The zero-order valence-corrected chi connectivity index (χ0v) is 35.5. The third kappa shape index (κ3) is 8.82. The Hall–Kier alpha value is 0.130. The van der Waals surface area contributed by atoms with Crippen LogP contribution >= 0.6 is 0 Å². The molecule has 18 heteroatoms. The van der Waals surface area contributed by atoms with Gasteiger partial charge in [-0.05, 0) is 78.9 Å². The number of aliphatic hydroxyl groups excluding tert-OH is 7. The Bertz CT molecular complexity index is 1460. The van der Waals surface area contributed by atoms with Crippen molar-refractivity contribution in [1.82, 2.24) is 0 Å². The molecule has 8 N–H and O–H groups in total. The van der Waals surface area contributed by atoms with Gasteiger partial charge in [0.25, 0.3) is 0 Å². The molecule has 0 amide bonds. The standard InChI is InChI=1S/C37H62O16S.Na/c1-17(2)26(52-34-30(44)31(25(41)16-50-34)53-54(46,47)48)7-6-18(3)20-13-22(38)32-36(20,5)11-9-27-35(4)10-8-19(12-21(35)23(39)14-37(27,32)45)51-33-29(43)28(42)24(40)15-49-33;/h6-7,17-34,38-45H,8-16H2,1-5H3,(H,46,47,48);/q;+1/p-1/b7-6+;/t18-,19+,20-,21-,22-,23+,24?,25?,26+,27?,28?,29?,30?,31?,32-,33?,34?,35+,36-,37+;/m1./s1. The first-order chi connectivity index (χ1) is 25.1. The summed E-state index contributed by atoms with van der Waals surface area (Å²) in [5.41, 5.74) is -2.26. The van der Waals surface area contributed by atoms with Gasteiger partial charge in [-0.3, -0.25) is 4.18 Å². The monoisotopic (exact) mass is 816 g/mol. The summed E-state index contributed by atoms with van der Waals surface area (Å²) < 4.78 is 61.1. The topological polar surface area (TPSA) is 265 Å². The molecule has 4 aliphatic carbocycles. The Morgan fingerprint density at radius 1 is 0.800 bits per heavy atom. The van der Waals surface area contributed by atoms with Gasteiger partial charge in [-0.1, -0.05) is 46.8 Å². The number of hydrogen-bond acceptors (Lipinski definition) is 16. The van der Waals surface area contributed by atoms with E-state index < -0.39 is 107 Å². The van der Waals surface area contributed by atoms with Crippen molar-refractivity contribution in [3.63, 3.8) is 0 Å². The first-order valence-corrected chi connectivity index (χ1v) is 20.8. The molecule has 2 aliphatic heterocycles. The Kier molecular flexibility index (Phi) is 14.5. The maximum Gasteiger partial charge on any atom is 1.00 e. The number of aliphatic hydroxyl groups is 8. The molecule has 0 radical (unpaired) electrons. The van der Waals surface area contributed by atoms with Crippen molar-refractivity contribution in [3.05, 3.63) is 12.2 Å². The van der Waals surface area contributed by atoms with E-state index in [0.717, 1.165) is 6.42 Å². The molecular weight excluding hydrogens is 755 g/mol. The normalized spacial score (nSPS) is 50.1. The molecule has 6 rings (SSSR count). The summed E-state index contributed by atoms with van der Waals surface area (Å²) in [6.07, 6.45) is -6.75. The second-order valence-corrected chi connectivity index (χ2v) is 19.0. The van der Waals surface area contributed by atoms with E-state index in [9.17, 15) is 53.8 Å². The molecular formula is C37H61NaO16S. The van der Waals surface area contributed by atoms with Crippen LogP contribution in [0.5, 0.6) is 0 Å². The van der Waals surface area contributed by atoms with Crippen LogP contribution in [0.2, 0.25) is 0 Å². The van der Waals surface area contributed by atoms with Crippen molar-refractivity contribution in [2.24, 2.45) is 46.3 Å². The number of ether oxygens (including phenoxy) is 4. The van der Waals surface area contributed by atoms with Crippen molar-refractivity contribution in [2.45, 2.75) is 159 Å². The molecule has 4 saturated carbocycles. The first kappa shape index (κ1) is 46.2. The van der Waals surface area contributed by atoms with Gasteiger partial charge in [0.1, 0.15) is 36.6 Å². The summed E-state index contributed by atoms with van der Waals surface area (Å²) >= 11 is 0. The summed E-state index contributed by atoms with van der Waals surface area (Å²) in [4.78, 5) is 0. The largest absolute Gasteiger partial charge is 1.00 e. The van der Waals surface area contributed by atoms with E-state index >= 15 is 0 Å². The van der Waals surface area contributed by atoms with Crippen LogP contribution in [-0.2, 0) is 33.5 Å². The van der Waals surface area contributed by atoms with Crippen LogP contribution < -0.4 is 29.6 Å². The fraction of sp³-hybridized carbons (Fsp3) is 0.946. The van der Waals surface area contributed by atoms with Gasteiger partial charge in [-0.25, -0.2) is 8.42 Å². The van der Waals surface area contributed by atoms with Crippen LogP contribution in [0, 0.1) is 46.3 Å². The predicted octanol–water partition coefficient (Wildman–Crippen LogP) is -3.31. The molecule has 312 valence electrons. The maximum absolute atomic E-state index is 12.8. The summed E-state index contributed by atoms with van der Waals surface area (Å²) in [5, 5.41) is 87.5. The van der Waals surface area contributed by atoms with Crippen LogP contribution in [-0.4, -0.2) is 146 Å². The molecule has 6 fully saturated rings. The Morgan fingerprint density at radius 2 is 1.44 bits per heavy atom. The SMILES string of the molecule is CC(C)[C@H](/C=C/[C@@H](C)[C@H]1C[C@@H](O)[C@@H]2[C@]1(C)CCC1[C@@]3(C)CC[C@H](OC4OCC(O)C(O)C4O)C[C@@H]3[C@@H](O)C[C@]12O)OC1OCC(O)C(OS(=O)(=O)[O-])C1O.[Na+]. The summed E-state index contributed by atoms with van der Waals surface area (Å²) in [6.45, 7) is 9.48. The fourth-order valence-corrected chi connectivity index (χ4v) is 12.2. The molecule has 2 saturated heterocycles. The molecule has 55 heavy (non-hydrogen) atoms. The second-order valence-electron chi connectivity index (χ2n) is 18.0. The second kappa shape index (κ2) is 17.2. The third-order valence-corrected chi connectivity index (χ3v) is 14.8.